The number of aryl methyl sites for hydroxylation is 1. The van der Waals surface area contributed by atoms with E-state index in [0.29, 0.717) is 18.9 Å². The van der Waals surface area contributed by atoms with Crippen molar-refractivity contribution in [2.24, 2.45) is 0 Å². The van der Waals surface area contributed by atoms with Crippen molar-refractivity contribution in [1.29, 1.82) is 0 Å². The van der Waals surface area contributed by atoms with Gasteiger partial charge in [-0.15, -0.1) is 0 Å². The summed E-state index contributed by atoms with van der Waals surface area (Å²) in [5, 5.41) is -1.82. The summed E-state index contributed by atoms with van der Waals surface area (Å²) in [6, 6.07) is 4.09. The quantitative estimate of drug-likeness (QED) is 0.0328. The van der Waals surface area contributed by atoms with Crippen LogP contribution >= 0.6 is 34.8 Å². The molecule has 7 aromatic carbocycles. The molecule has 0 saturated heterocycles. The van der Waals surface area contributed by atoms with Crippen LogP contribution < -0.4 is 9.80 Å². The third kappa shape index (κ3) is 4.88. The number of fused-ring (bicyclic) bond motifs is 2. The summed E-state index contributed by atoms with van der Waals surface area (Å²) in [7, 11) is 0.705. The highest BCUT2D eigenvalue weighted by atomic mass is 35.5. The Labute approximate surface area is 331 Å². The number of halogens is 13. The van der Waals surface area contributed by atoms with Gasteiger partial charge in [-0.3, -0.25) is 19.2 Å². The summed E-state index contributed by atoms with van der Waals surface area (Å²) in [4.78, 5) is 54.8. The molecule has 0 unspecified atom stereocenters. The number of carbonyl (C=O) groups is 4. The van der Waals surface area contributed by atoms with Crippen molar-refractivity contribution in [2.45, 2.75) is 13.3 Å². The Morgan fingerprint density at radius 1 is 0.586 bits per heavy atom. The van der Waals surface area contributed by atoms with Crippen LogP contribution in [0.15, 0.2) is 24.3 Å². The summed E-state index contributed by atoms with van der Waals surface area (Å²) >= 11 is 20.6. The normalized spacial score (nSPS) is 13.0. The van der Waals surface area contributed by atoms with Gasteiger partial charge in [0.25, 0.3) is 17.7 Å². The van der Waals surface area contributed by atoms with Crippen molar-refractivity contribution in [3.63, 3.8) is 0 Å². The Morgan fingerprint density at radius 2 is 1.00 bits per heavy atom. The van der Waals surface area contributed by atoms with Gasteiger partial charge in [-0.25, -0.2) is 48.8 Å². The van der Waals surface area contributed by atoms with Crippen LogP contribution in [-0.4, -0.2) is 31.1 Å². The number of nitrogens with zero attached hydrogens (tertiary/aromatic N) is 2. The molecule has 0 spiro atoms. The molecule has 1 aliphatic rings. The SMILES string of the molecule is CCc1cc(C=O)c2c(C(=O)N(C)c3c(F)c(F)c(F)c(F)c3F)cc(Cl)c3c4c(Cl)cc5c6c(cc(Cl)c(c1c23)c64)C(=O)N(c1c(F)c(F)c(F)c(F)c1F)C5=O. The van der Waals surface area contributed by atoms with Crippen molar-refractivity contribution >= 4 is 113 Å². The zero-order valence-electron chi connectivity index (χ0n) is 28.5. The summed E-state index contributed by atoms with van der Waals surface area (Å²) in [6.07, 6.45) is 0.412. The van der Waals surface area contributed by atoms with Gasteiger partial charge in [-0.2, -0.15) is 0 Å². The van der Waals surface area contributed by atoms with Gasteiger partial charge in [-0.05, 0) is 41.6 Å². The molecule has 0 aromatic heterocycles. The van der Waals surface area contributed by atoms with Crippen LogP contribution in [0.2, 0.25) is 15.1 Å². The Morgan fingerprint density at radius 3 is 1.47 bits per heavy atom. The van der Waals surface area contributed by atoms with E-state index in [0.717, 1.165) is 18.2 Å². The lowest BCUT2D eigenvalue weighted by Crippen LogP contribution is -2.42. The maximum absolute atomic E-state index is 15.1. The molecule has 3 amide bonds. The molecule has 58 heavy (non-hydrogen) atoms. The Kier molecular flexibility index (Phi) is 8.88. The predicted molar refractivity (Wildman–Crippen MR) is 194 cm³/mol. The number of hydrogen-bond donors (Lipinski definition) is 0. The monoisotopic (exact) mass is 868 g/mol. The van der Waals surface area contributed by atoms with E-state index >= 15 is 8.78 Å². The lowest BCUT2D eigenvalue weighted by molar-refractivity contribution is 0.0888. The lowest BCUT2D eigenvalue weighted by atomic mass is 9.81. The van der Waals surface area contributed by atoms with E-state index in [4.69, 9.17) is 34.8 Å². The Bertz CT molecular complexity index is 3080. The van der Waals surface area contributed by atoms with Gasteiger partial charge < -0.3 is 4.90 Å². The molecule has 294 valence electrons. The molecule has 1 aliphatic heterocycles. The summed E-state index contributed by atoms with van der Waals surface area (Å²) in [5.41, 5.74) is -5.13. The van der Waals surface area contributed by atoms with E-state index in [1.54, 1.807) is 6.92 Å². The van der Waals surface area contributed by atoms with E-state index < -0.39 is 109 Å². The molecule has 0 radical (unpaired) electrons. The second-order valence-corrected chi connectivity index (χ2v) is 14.2. The van der Waals surface area contributed by atoms with Gasteiger partial charge in [0, 0.05) is 70.9 Å². The molecule has 0 N–H and O–H groups in total. The average Bonchev–Trinajstić information content (AvgIpc) is 3.20. The number of aldehydes is 1. The van der Waals surface area contributed by atoms with Gasteiger partial charge in [0.05, 0.1) is 11.1 Å². The molecule has 1 heterocycles. The fourth-order valence-electron chi connectivity index (χ4n) is 7.66. The number of rotatable bonds is 5. The van der Waals surface area contributed by atoms with E-state index in [9.17, 15) is 54.3 Å². The Hall–Kier alpha value is -5.71. The topological polar surface area (TPSA) is 74.8 Å². The van der Waals surface area contributed by atoms with Crippen molar-refractivity contribution in [3.05, 3.63) is 125 Å². The second kappa shape index (κ2) is 13.2. The minimum absolute atomic E-state index is 0.00923. The van der Waals surface area contributed by atoms with Crippen molar-refractivity contribution in [2.75, 3.05) is 16.8 Å². The van der Waals surface area contributed by atoms with Crippen LogP contribution in [0.5, 0.6) is 0 Å². The molecule has 0 atom stereocenters. The van der Waals surface area contributed by atoms with Crippen LogP contribution in [0.3, 0.4) is 0 Å². The van der Waals surface area contributed by atoms with Crippen LogP contribution in [0.25, 0.3) is 43.1 Å². The fourth-order valence-corrected chi connectivity index (χ4v) is 8.55. The highest BCUT2D eigenvalue weighted by Gasteiger charge is 2.42. The average molecular weight is 870 g/mol. The number of anilines is 2. The molecular formula is C39H13Cl3F10N2O4. The first-order chi connectivity index (χ1) is 27.3. The van der Waals surface area contributed by atoms with Crippen molar-refractivity contribution in [3.8, 4) is 0 Å². The predicted octanol–water partition coefficient (Wildman–Crippen LogP) is 11.5. The Balaban J connectivity index is 1.50. The molecule has 19 heteroatoms. The highest BCUT2D eigenvalue weighted by Crippen LogP contribution is 2.53. The van der Waals surface area contributed by atoms with E-state index in [1.165, 1.54) is 6.07 Å². The van der Waals surface area contributed by atoms with E-state index in [2.05, 4.69) is 0 Å². The number of benzene rings is 7. The first kappa shape index (κ1) is 39.1. The van der Waals surface area contributed by atoms with E-state index in [1.807, 2.05) is 0 Å². The van der Waals surface area contributed by atoms with Crippen LogP contribution in [0.1, 0.15) is 53.9 Å². The van der Waals surface area contributed by atoms with Gasteiger partial charge in [0.2, 0.25) is 11.6 Å². The van der Waals surface area contributed by atoms with Gasteiger partial charge in [-0.1, -0.05) is 41.7 Å². The van der Waals surface area contributed by atoms with Crippen LogP contribution in [-0.2, 0) is 6.42 Å². The molecule has 7 aromatic rings. The van der Waals surface area contributed by atoms with Gasteiger partial charge in [0.1, 0.15) is 11.4 Å². The van der Waals surface area contributed by atoms with Gasteiger partial charge in [0.15, 0.2) is 52.8 Å². The van der Waals surface area contributed by atoms with Crippen molar-refractivity contribution < 1.29 is 63.1 Å². The second-order valence-electron chi connectivity index (χ2n) is 13.0. The van der Waals surface area contributed by atoms with Crippen LogP contribution in [0.4, 0.5) is 55.3 Å². The molecule has 0 saturated carbocycles. The minimum atomic E-state index is -2.55. The maximum atomic E-state index is 15.1. The summed E-state index contributed by atoms with van der Waals surface area (Å²) < 4.78 is 145. The number of imide groups is 1. The molecule has 8 rings (SSSR count). The first-order valence-electron chi connectivity index (χ1n) is 16.3. The molecular weight excluding hydrogens is 857 g/mol. The maximum Gasteiger partial charge on any atom is 0.266 e. The molecule has 6 nitrogen and oxygen atoms in total. The minimum Gasteiger partial charge on any atom is -0.306 e. The zero-order chi connectivity index (χ0) is 42.3. The third-order valence-electron chi connectivity index (χ3n) is 10.1. The van der Waals surface area contributed by atoms with Crippen LogP contribution in [0, 0.1) is 58.2 Å². The van der Waals surface area contributed by atoms with Crippen molar-refractivity contribution in [1.82, 2.24) is 0 Å². The number of amides is 3. The summed E-state index contributed by atoms with van der Waals surface area (Å²) in [6.45, 7) is 1.63. The van der Waals surface area contributed by atoms with Gasteiger partial charge >= 0.3 is 0 Å². The lowest BCUT2D eigenvalue weighted by Gasteiger charge is -2.30. The number of carbonyl (C=O) groups excluding carboxylic acids is 4. The first-order valence-corrected chi connectivity index (χ1v) is 17.4. The molecule has 0 fully saturated rings. The molecule has 0 aliphatic carbocycles. The zero-order valence-corrected chi connectivity index (χ0v) is 30.8. The largest absolute Gasteiger partial charge is 0.306 e. The fraction of sp³-hybridized carbons (Fsp3) is 0.0769. The third-order valence-corrected chi connectivity index (χ3v) is 11.0. The van der Waals surface area contributed by atoms with E-state index in [-0.39, 0.29) is 74.9 Å². The molecule has 0 bridgehead atoms. The number of hydrogen-bond acceptors (Lipinski definition) is 4. The highest BCUT2D eigenvalue weighted by molar-refractivity contribution is 6.54. The smallest absolute Gasteiger partial charge is 0.266 e. The summed E-state index contributed by atoms with van der Waals surface area (Å²) in [5.74, 6) is -28.8. The standard InChI is InChI=1S/C39H13Cl3F10N2O4/c1-3-9-4-10(8-55)17-11(37(56)53(2)35-31(49)27(45)25(43)28(46)32(35)50)5-15(41)21-22-16(42)7-13-19-12(6-14(40)20(24(19)22)18(9)23(17)21)38(57)54(39(13)58)36-33(51)29(47)26(44)30(48)34(36)52/h4-8H,3H2,1-2H3.